The highest BCUT2D eigenvalue weighted by atomic mass is 32.1. The molecule has 0 spiro atoms. The monoisotopic (exact) mass is 211 g/mol. The summed E-state index contributed by atoms with van der Waals surface area (Å²) in [6.07, 6.45) is 0.991. The lowest BCUT2D eigenvalue weighted by Gasteiger charge is -2.29. The average molecular weight is 211 g/mol. The minimum absolute atomic E-state index is 0.372. The maximum atomic E-state index is 10.8. The van der Waals surface area contributed by atoms with Crippen molar-refractivity contribution in [3.05, 3.63) is 21.9 Å². The molecule has 1 unspecified atom stereocenters. The molecule has 1 aliphatic rings. The van der Waals surface area contributed by atoms with E-state index in [9.17, 15) is 4.79 Å². The van der Waals surface area contributed by atoms with Gasteiger partial charge in [-0.05, 0) is 30.4 Å². The molecule has 14 heavy (non-hydrogen) atoms. The van der Waals surface area contributed by atoms with Crippen molar-refractivity contribution >= 4 is 17.3 Å². The Morgan fingerprint density at radius 1 is 1.71 bits per heavy atom. The Bertz CT molecular complexity index is 348. The maximum absolute atomic E-state index is 10.8. The molecule has 0 saturated heterocycles. The number of rotatable bonds is 2. The quantitative estimate of drug-likeness (QED) is 0.807. The minimum Gasteiger partial charge on any atom is -0.480 e. The van der Waals surface area contributed by atoms with Crippen LogP contribution in [0.4, 0.5) is 0 Å². The van der Waals surface area contributed by atoms with Crippen LogP contribution in [0.1, 0.15) is 17.4 Å². The molecule has 1 atom stereocenters. The fourth-order valence-electron chi connectivity index (χ4n) is 1.76. The molecule has 1 aliphatic heterocycles. The average Bonchev–Trinajstić information content (AvgIpc) is 2.62. The first-order chi connectivity index (χ1) is 6.68. The third-order valence-corrected chi connectivity index (χ3v) is 3.77. The van der Waals surface area contributed by atoms with E-state index >= 15 is 0 Å². The molecule has 2 heterocycles. The topological polar surface area (TPSA) is 40.5 Å². The molecular weight excluding hydrogens is 198 g/mol. The van der Waals surface area contributed by atoms with E-state index < -0.39 is 5.97 Å². The molecule has 1 N–H and O–H groups in total. The first-order valence-electron chi connectivity index (χ1n) is 4.70. The van der Waals surface area contributed by atoms with Crippen LogP contribution in [0.5, 0.6) is 0 Å². The number of aliphatic carboxylic acids is 1. The van der Waals surface area contributed by atoms with Crippen molar-refractivity contribution in [1.82, 2.24) is 4.90 Å². The fraction of sp³-hybridized carbons (Fsp3) is 0.500. The van der Waals surface area contributed by atoms with E-state index in [1.54, 1.807) is 18.3 Å². The van der Waals surface area contributed by atoms with Crippen LogP contribution in [-0.4, -0.2) is 28.6 Å². The van der Waals surface area contributed by atoms with Gasteiger partial charge in [-0.2, -0.15) is 0 Å². The summed E-state index contributed by atoms with van der Waals surface area (Å²) in [7, 11) is 0. The lowest BCUT2D eigenvalue weighted by molar-refractivity contribution is -0.142. The maximum Gasteiger partial charge on any atom is 0.320 e. The molecule has 0 amide bonds. The SMILES string of the molecule is CC(C(=O)O)N1CCc2sccc2C1. The largest absolute Gasteiger partial charge is 0.480 e. The van der Waals surface area contributed by atoms with Gasteiger partial charge in [0.15, 0.2) is 0 Å². The molecule has 0 bridgehead atoms. The molecule has 1 aromatic rings. The van der Waals surface area contributed by atoms with Gasteiger partial charge in [0.1, 0.15) is 6.04 Å². The highest BCUT2D eigenvalue weighted by molar-refractivity contribution is 7.10. The van der Waals surface area contributed by atoms with Crippen molar-refractivity contribution in [2.24, 2.45) is 0 Å². The molecule has 1 aromatic heterocycles. The molecule has 76 valence electrons. The number of carboxylic acid groups (broad SMARTS) is 1. The van der Waals surface area contributed by atoms with Gasteiger partial charge in [0.2, 0.25) is 0 Å². The van der Waals surface area contributed by atoms with Crippen molar-refractivity contribution in [2.45, 2.75) is 25.9 Å². The van der Waals surface area contributed by atoms with Gasteiger partial charge in [0.05, 0.1) is 0 Å². The molecule has 0 fully saturated rings. The van der Waals surface area contributed by atoms with Gasteiger partial charge in [-0.1, -0.05) is 0 Å². The number of fused-ring (bicyclic) bond motifs is 1. The zero-order valence-corrected chi connectivity index (χ0v) is 8.88. The van der Waals surface area contributed by atoms with Gasteiger partial charge < -0.3 is 5.11 Å². The first kappa shape index (κ1) is 9.68. The molecule has 2 rings (SSSR count). The molecule has 0 aliphatic carbocycles. The summed E-state index contributed by atoms with van der Waals surface area (Å²) in [5, 5.41) is 11.0. The first-order valence-corrected chi connectivity index (χ1v) is 5.58. The Kier molecular flexibility index (Phi) is 2.56. The Morgan fingerprint density at radius 3 is 3.21 bits per heavy atom. The molecular formula is C10H13NO2S. The van der Waals surface area contributed by atoms with E-state index in [-0.39, 0.29) is 6.04 Å². The normalized spacial score (nSPS) is 18.9. The summed E-state index contributed by atoms with van der Waals surface area (Å²) in [6, 6.07) is 1.73. The van der Waals surface area contributed by atoms with Crippen LogP contribution >= 0.6 is 11.3 Å². The predicted molar refractivity (Wildman–Crippen MR) is 55.5 cm³/mol. The van der Waals surface area contributed by atoms with Gasteiger partial charge in [0.25, 0.3) is 0 Å². The van der Waals surface area contributed by atoms with E-state index in [1.165, 1.54) is 10.4 Å². The number of thiophene rings is 1. The Hall–Kier alpha value is -0.870. The molecule has 0 radical (unpaired) electrons. The predicted octanol–water partition coefficient (Wildman–Crippen LogP) is 1.58. The second-order valence-corrected chi connectivity index (χ2v) is 4.60. The molecule has 0 saturated carbocycles. The van der Waals surface area contributed by atoms with Crippen LogP contribution in [0.2, 0.25) is 0 Å². The van der Waals surface area contributed by atoms with Crippen LogP contribution in [-0.2, 0) is 17.8 Å². The Morgan fingerprint density at radius 2 is 2.50 bits per heavy atom. The minimum atomic E-state index is -0.733. The van der Waals surface area contributed by atoms with Crippen molar-refractivity contribution in [3.8, 4) is 0 Å². The number of hydrogen-bond donors (Lipinski definition) is 1. The number of hydrogen-bond acceptors (Lipinski definition) is 3. The smallest absolute Gasteiger partial charge is 0.320 e. The second kappa shape index (κ2) is 3.71. The zero-order chi connectivity index (χ0) is 10.1. The van der Waals surface area contributed by atoms with Crippen molar-refractivity contribution in [2.75, 3.05) is 6.54 Å². The summed E-state index contributed by atoms with van der Waals surface area (Å²) < 4.78 is 0. The summed E-state index contributed by atoms with van der Waals surface area (Å²) >= 11 is 1.77. The standard InChI is InChI=1S/C10H13NO2S/c1-7(10(12)13)11-4-2-9-8(6-11)3-5-14-9/h3,5,7H,2,4,6H2,1H3,(H,12,13). The van der Waals surface area contributed by atoms with E-state index in [0.29, 0.717) is 0 Å². The lowest BCUT2D eigenvalue weighted by Crippen LogP contribution is -2.41. The van der Waals surface area contributed by atoms with Gasteiger partial charge in [-0.15, -0.1) is 11.3 Å². The van der Waals surface area contributed by atoms with E-state index in [2.05, 4.69) is 11.4 Å². The van der Waals surface area contributed by atoms with Crippen LogP contribution in [0.25, 0.3) is 0 Å². The van der Waals surface area contributed by atoms with E-state index in [4.69, 9.17) is 5.11 Å². The highest BCUT2D eigenvalue weighted by Gasteiger charge is 2.25. The Balaban J connectivity index is 2.11. The zero-order valence-electron chi connectivity index (χ0n) is 8.06. The summed E-state index contributed by atoms with van der Waals surface area (Å²) in [6.45, 7) is 3.40. The van der Waals surface area contributed by atoms with Gasteiger partial charge in [0, 0.05) is 18.0 Å². The Labute approximate surface area is 87.0 Å². The van der Waals surface area contributed by atoms with E-state index in [1.807, 2.05) is 4.90 Å². The molecule has 0 aromatic carbocycles. The lowest BCUT2D eigenvalue weighted by atomic mass is 10.1. The van der Waals surface area contributed by atoms with Crippen LogP contribution < -0.4 is 0 Å². The summed E-state index contributed by atoms with van der Waals surface area (Å²) in [5.41, 5.74) is 1.30. The molecule has 3 nitrogen and oxygen atoms in total. The third kappa shape index (κ3) is 1.67. The molecule has 4 heteroatoms. The van der Waals surface area contributed by atoms with Crippen LogP contribution in [0.15, 0.2) is 11.4 Å². The van der Waals surface area contributed by atoms with Crippen molar-refractivity contribution in [1.29, 1.82) is 0 Å². The second-order valence-electron chi connectivity index (χ2n) is 3.60. The number of nitrogens with zero attached hydrogens (tertiary/aromatic N) is 1. The van der Waals surface area contributed by atoms with Crippen molar-refractivity contribution < 1.29 is 9.90 Å². The number of carboxylic acids is 1. The third-order valence-electron chi connectivity index (χ3n) is 2.74. The fourth-order valence-corrected chi connectivity index (χ4v) is 2.65. The summed E-state index contributed by atoms with van der Waals surface area (Å²) in [5.74, 6) is -0.733. The van der Waals surface area contributed by atoms with E-state index in [0.717, 1.165) is 19.5 Å². The van der Waals surface area contributed by atoms with Crippen LogP contribution in [0.3, 0.4) is 0 Å². The number of carbonyl (C=O) groups is 1. The van der Waals surface area contributed by atoms with Gasteiger partial charge in [-0.3, -0.25) is 9.69 Å². The highest BCUT2D eigenvalue weighted by Crippen LogP contribution is 2.24. The van der Waals surface area contributed by atoms with Gasteiger partial charge in [-0.25, -0.2) is 0 Å². The summed E-state index contributed by atoms with van der Waals surface area (Å²) in [4.78, 5) is 14.2. The van der Waals surface area contributed by atoms with Gasteiger partial charge >= 0.3 is 5.97 Å². The van der Waals surface area contributed by atoms with Crippen molar-refractivity contribution in [3.63, 3.8) is 0 Å². The van der Waals surface area contributed by atoms with Crippen LogP contribution in [0, 0.1) is 0 Å².